The number of nitrogens with one attached hydrogen (secondary N) is 1. The van der Waals surface area contributed by atoms with Crippen molar-refractivity contribution in [2.75, 3.05) is 12.3 Å². The van der Waals surface area contributed by atoms with Crippen molar-refractivity contribution < 1.29 is 0 Å². The van der Waals surface area contributed by atoms with E-state index in [4.69, 9.17) is 22.3 Å². The third-order valence-corrected chi connectivity index (χ3v) is 5.59. The number of hydrogen-bond acceptors (Lipinski definition) is 6. The summed E-state index contributed by atoms with van der Waals surface area (Å²) in [4.78, 5) is 14.2. The van der Waals surface area contributed by atoms with Gasteiger partial charge in [0.2, 0.25) is 0 Å². The van der Waals surface area contributed by atoms with E-state index in [-0.39, 0.29) is 5.54 Å². The molecule has 0 saturated heterocycles. The first-order valence-corrected chi connectivity index (χ1v) is 10.9. The fourth-order valence-corrected chi connectivity index (χ4v) is 4.98. The largest absolute Gasteiger partial charge is 0.382 e. The predicted octanol–water partition coefficient (Wildman–Crippen LogP) is 4.60. The Morgan fingerprint density at radius 3 is 2.74 bits per heavy atom. The van der Waals surface area contributed by atoms with Crippen molar-refractivity contribution in [3.05, 3.63) is 33.1 Å². The van der Waals surface area contributed by atoms with Crippen LogP contribution in [0.4, 0.5) is 5.82 Å². The van der Waals surface area contributed by atoms with Crippen LogP contribution in [0.5, 0.6) is 0 Å². The maximum atomic E-state index is 6.21. The molecule has 0 unspecified atom stereocenters. The number of anilines is 1. The number of rotatable bonds is 6. The lowest BCUT2D eigenvalue weighted by Crippen LogP contribution is -2.36. The van der Waals surface area contributed by atoms with Gasteiger partial charge in [-0.3, -0.25) is 0 Å². The molecule has 1 aromatic carbocycles. The van der Waals surface area contributed by atoms with Gasteiger partial charge in [-0.1, -0.05) is 23.4 Å². The number of nitrogens with two attached hydrogens (primary N) is 1. The van der Waals surface area contributed by atoms with Crippen LogP contribution in [0.2, 0.25) is 5.02 Å². The van der Waals surface area contributed by atoms with Crippen LogP contribution >= 0.6 is 46.0 Å². The quantitative estimate of drug-likeness (QED) is 0.368. The number of nitrogens with zero attached hydrogens (tertiary/aromatic N) is 4. The Labute approximate surface area is 181 Å². The Bertz CT molecular complexity index is 933. The van der Waals surface area contributed by atoms with Crippen LogP contribution in [0, 0.1) is 3.57 Å². The van der Waals surface area contributed by atoms with Gasteiger partial charge in [-0.05, 0) is 74.5 Å². The molecular formula is C18H22ClIN6S. The smallest absolute Gasteiger partial charge is 0.175 e. The zero-order chi connectivity index (χ0) is 19.6. The van der Waals surface area contributed by atoms with Crippen LogP contribution in [0.25, 0.3) is 11.2 Å². The Balaban J connectivity index is 1.89. The topological polar surface area (TPSA) is 81.7 Å². The normalized spacial score (nSPS) is 12.0. The molecule has 0 fully saturated rings. The Hall–Kier alpha value is -1.10. The van der Waals surface area contributed by atoms with E-state index in [1.165, 1.54) is 6.33 Å². The van der Waals surface area contributed by atoms with Crippen LogP contribution in [0.15, 0.2) is 34.6 Å². The molecule has 3 rings (SSSR count). The molecule has 27 heavy (non-hydrogen) atoms. The molecule has 6 nitrogen and oxygen atoms in total. The third kappa shape index (κ3) is 5.46. The minimum absolute atomic E-state index is 0.0959. The Kier molecular flexibility index (Phi) is 6.50. The first-order chi connectivity index (χ1) is 12.7. The number of imidazole rings is 1. The van der Waals surface area contributed by atoms with Gasteiger partial charge in [-0.25, -0.2) is 15.0 Å². The molecular weight excluding hydrogens is 495 g/mol. The molecule has 0 saturated carbocycles. The summed E-state index contributed by atoms with van der Waals surface area (Å²) in [6.45, 7) is 8.18. The highest BCUT2D eigenvalue weighted by atomic mass is 127. The molecule has 2 heterocycles. The van der Waals surface area contributed by atoms with E-state index in [1.54, 1.807) is 11.8 Å². The van der Waals surface area contributed by atoms with Crippen molar-refractivity contribution in [3.63, 3.8) is 0 Å². The number of halogens is 2. The fraction of sp³-hybridized carbons (Fsp3) is 0.389. The molecule has 9 heteroatoms. The minimum atomic E-state index is 0.0959. The van der Waals surface area contributed by atoms with Gasteiger partial charge in [0.15, 0.2) is 22.1 Å². The van der Waals surface area contributed by atoms with Gasteiger partial charge in [0.1, 0.15) is 6.33 Å². The maximum absolute atomic E-state index is 6.21. The highest BCUT2D eigenvalue weighted by Crippen LogP contribution is 2.33. The van der Waals surface area contributed by atoms with Crippen molar-refractivity contribution in [1.82, 2.24) is 24.8 Å². The van der Waals surface area contributed by atoms with Gasteiger partial charge < -0.3 is 15.6 Å². The van der Waals surface area contributed by atoms with Crippen molar-refractivity contribution >= 4 is 62.9 Å². The minimum Gasteiger partial charge on any atom is -0.382 e. The van der Waals surface area contributed by atoms with Gasteiger partial charge in [0.05, 0.1) is 0 Å². The van der Waals surface area contributed by atoms with Crippen molar-refractivity contribution in [1.29, 1.82) is 0 Å². The molecule has 3 aromatic rings. The molecule has 0 bridgehead atoms. The number of nitrogen functional groups attached to an aromatic ring is 1. The highest BCUT2D eigenvalue weighted by molar-refractivity contribution is 14.1. The molecule has 0 amide bonds. The zero-order valence-corrected chi connectivity index (χ0v) is 19.2. The van der Waals surface area contributed by atoms with E-state index in [9.17, 15) is 0 Å². The molecule has 0 aliphatic heterocycles. The molecule has 2 aromatic heterocycles. The molecule has 3 N–H and O–H groups in total. The van der Waals surface area contributed by atoms with E-state index < -0.39 is 0 Å². The molecule has 0 radical (unpaired) electrons. The summed E-state index contributed by atoms with van der Waals surface area (Å²) in [5.41, 5.74) is 7.52. The average molecular weight is 517 g/mol. The summed E-state index contributed by atoms with van der Waals surface area (Å²) >= 11 is 10.0. The van der Waals surface area contributed by atoms with Crippen molar-refractivity contribution in [3.8, 4) is 0 Å². The molecule has 0 spiro atoms. The predicted molar refractivity (Wildman–Crippen MR) is 120 cm³/mol. The second kappa shape index (κ2) is 8.50. The number of benzene rings is 1. The van der Waals surface area contributed by atoms with Crippen molar-refractivity contribution in [2.45, 2.75) is 49.3 Å². The second-order valence-corrected chi connectivity index (χ2v) is 9.94. The van der Waals surface area contributed by atoms with Crippen LogP contribution in [0.3, 0.4) is 0 Å². The molecule has 0 aliphatic carbocycles. The SMILES string of the molecule is CC(C)(C)NCCCn1c(Sc2cc(Cl)cc(I)c2)nc2c(N)ncnc21. The molecule has 0 atom stereocenters. The lowest BCUT2D eigenvalue weighted by molar-refractivity contribution is 0.412. The summed E-state index contributed by atoms with van der Waals surface area (Å²) in [5.74, 6) is 0.397. The monoisotopic (exact) mass is 516 g/mol. The van der Waals surface area contributed by atoms with Crippen LogP contribution in [0.1, 0.15) is 27.2 Å². The number of aromatic nitrogens is 4. The number of aryl methyl sites for hydroxylation is 1. The highest BCUT2D eigenvalue weighted by Gasteiger charge is 2.16. The standard InChI is InChI=1S/C18H22ClIN6S/c1-18(2,3)24-5-4-6-26-16-14(15(21)22-10-23-16)25-17(26)27-13-8-11(19)7-12(20)9-13/h7-10,24H,4-6H2,1-3H3,(H2,21,22,23). The van der Waals surface area contributed by atoms with E-state index in [0.717, 1.165) is 38.8 Å². The van der Waals surface area contributed by atoms with E-state index >= 15 is 0 Å². The van der Waals surface area contributed by atoms with Crippen LogP contribution in [-0.2, 0) is 6.54 Å². The first kappa shape index (κ1) is 20.6. The molecule has 144 valence electrons. The van der Waals surface area contributed by atoms with Gasteiger partial charge >= 0.3 is 0 Å². The average Bonchev–Trinajstić information content (AvgIpc) is 2.89. The van der Waals surface area contributed by atoms with E-state index in [1.807, 2.05) is 12.1 Å². The number of hydrogen-bond donors (Lipinski definition) is 2. The lowest BCUT2D eigenvalue weighted by atomic mass is 10.1. The van der Waals surface area contributed by atoms with E-state index in [0.29, 0.717) is 16.4 Å². The fourth-order valence-electron chi connectivity index (χ4n) is 2.61. The van der Waals surface area contributed by atoms with Gasteiger partial charge in [0.25, 0.3) is 0 Å². The zero-order valence-electron chi connectivity index (χ0n) is 15.5. The second-order valence-electron chi connectivity index (χ2n) is 7.21. The number of fused-ring (bicyclic) bond motifs is 1. The van der Waals surface area contributed by atoms with Crippen LogP contribution < -0.4 is 11.1 Å². The van der Waals surface area contributed by atoms with Gasteiger partial charge in [-0.2, -0.15) is 0 Å². The Morgan fingerprint density at radius 2 is 2.04 bits per heavy atom. The summed E-state index contributed by atoms with van der Waals surface area (Å²) in [6.07, 6.45) is 2.44. The Morgan fingerprint density at radius 1 is 1.26 bits per heavy atom. The summed E-state index contributed by atoms with van der Waals surface area (Å²) < 4.78 is 3.19. The first-order valence-electron chi connectivity index (χ1n) is 8.58. The summed E-state index contributed by atoms with van der Waals surface area (Å²) in [7, 11) is 0. The van der Waals surface area contributed by atoms with E-state index in [2.05, 4.69) is 69.3 Å². The molecule has 0 aliphatic rings. The van der Waals surface area contributed by atoms with Crippen LogP contribution in [-0.4, -0.2) is 31.6 Å². The maximum Gasteiger partial charge on any atom is 0.175 e. The summed E-state index contributed by atoms with van der Waals surface area (Å²) in [5, 5.41) is 5.06. The van der Waals surface area contributed by atoms with Crippen molar-refractivity contribution in [2.24, 2.45) is 0 Å². The third-order valence-electron chi connectivity index (χ3n) is 3.78. The summed E-state index contributed by atoms with van der Waals surface area (Å²) in [6, 6.07) is 5.95. The lowest BCUT2D eigenvalue weighted by Gasteiger charge is -2.20. The van der Waals surface area contributed by atoms with Gasteiger partial charge in [-0.15, -0.1) is 0 Å². The van der Waals surface area contributed by atoms with Gasteiger partial charge in [0, 0.05) is 25.6 Å².